The third kappa shape index (κ3) is 5.52. The molecule has 200 valence electrons. The van der Waals surface area contributed by atoms with Gasteiger partial charge in [-0.25, -0.2) is 18.2 Å². The van der Waals surface area contributed by atoms with Crippen LogP contribution in [-0.2, 0) is 11.0 Å². The molecule has 0 radical (unpaired) electrons. The largest absolute Gasteiger partial charge is 0.487 e. The fraction of sp³-hybridized carbons (Fsp3) is 0.435. The standard InChI is InChI=1S/C23H22F6N4O4/c1-12(34)33-10-18(22(25,26)11-33)31-20(35)19-17(3-4-30-21(19)36-2)32-8-16(9-32)37-15-6-13(23(27,28)29)5-14(24)7-15/h3-7,16,18H,8-11H2,1-2H3,(H,31,35). The summed E-state index contributed by atoms with van der Waals surface area (Å²) in [6.45, 7) is 0.148. The number of rotatable bonds is 6. The van der Waals surface area contributed by atoms with Gasteiger partial charge in [0.15, 0.2) is 0 Å². The number of aromatic nitrogens is 1. The topological polar surface area (TPSA) is 84.0 Å². The van der Waals surface area contributed by atoms with Gasteiger partial charge in [0.2, 0.25) is 11.8 Å². The number of pyridine rings is 1. The maximum Gasteiger partial charge on any atom is 0.416 e. The van der Waals surface area contributed by atoms with Gasteiger partial charge in [-0.2, -0.15) is 13.2 Å². The zero-order valence-corrected chi connectivity index (χ0v) is 19.6. The highest BCUT2D eigenvalue weighted by Gasteiger charge is 2.50. The highest BCUT2D eigenvalue weighted by molar-refractivity contribution is 6.02. The first-order valence-electron chi connectivity index (χ1n) is 11.0. The van der Waals surface area contributed by atoms with Crippen molar-refractivity contribution in [2.75, 3.05) is 38.2 Å². The quantitative estimate of drug-likeness (QED) is 0.576. The third-order valence-electron chi connectivity index (χ3n) is 6.07. The summed E-state index contributed by atoms with van der Waals surface area (Å²) in [5.41, 5.74) is -1.06. The van der Waals surface area contributed by atoms with Crippen LogP contribution in [0.5, 0.6) is 11.6 Å². The summed E-state index contributed by atoms with van der Waals surface area (Å²) in [5.74, 6) is -6.36. The second-order valence-corrected chi connectivity index (χ2v) is 8.72. The van der Waals surface area contributed by atoms with E-state index in [1.807, 2.05) is 0 Å². The first-order chi connectivity index (χ1) is 17.3. The minimum atomic E-state index is -4.75. The summed E-state index contributed by atoms with van der Waals surface area (Å²) in [7, 11) is 1.24. The predicted molar refractivity (Wildman–Crippen MR) is 117 cm³/mol. The summed E-state index contributed by atoms with van der Waals surface area (Å²) >= 11 is 0. The first kappa shape index (κ1) is 26.4. The van der Waals surface area contributed by atoms with E-state index in [2.05, 4.69) is 10.3 Å². The van der Waals surface area contributed by atoms with Crippen LogP contribution in [0.4, 0.5) is 32.0 Å². The van der Waals surface area contributed by atoms with Gasteiger partial charge in [0.05, 0.1) is 38.0 Å². The summed E-state index contributed by atoms with van der Waals surface area (Å²) in [5, 5.41) is 2.26. The molecule has 14 heteroatoms. The van der Waals surface area contributed by atoms with E-state index < -0.39 is 54.0 Å². The molecule has 2 saturated heterocycles. The normalized spacial score (nSPS) is 19.4. The Kier molecular flexibility index (Phi) is 6.86. The van der Waals surface area contributed by atoms with Crippen molar-refractivity contribution in [2.24, 2.45) is 0 Å². The van der Waals surface area contributed by atoms with Crippen LogP contribution in [0.25, 0.3) is 0 Å². The SMILES string of the molecule is COc1nccc(N2CC(Oc3cc(F)cc(C(F)(F)F)c3)C2)c1C(=O)NC1CN(C(C)=O)CC1(F)F. The third-order valence-corrected chi connectivity index (χ3v) is 6.07. The lowest BCUT2D eigenvalue weighted by Gasteiger charge is -2.41. The van der Waals surface area contributed by atoms with Crippen LogP contribution in [0.1, 0.15) is 22.8 Å². The molecule has 0 bridgehead atoms. The minimum Gasteiger partial charge on any atom is -0.487 e. The number of methoxy groups -OCH3 is 1. The van der Waals surface area contributed by atoms with Gasteiger partial charge < -0.3 is 24.6 Å². The van der Waals surface area contributed by atoms with Crippen LogP contribution in [0.3, 0.4) is 0 Å². The molecule has 1 aromatic carbocycles. The Labute approximate surface area is 207 Å². The van der Waals surface area contributed by atoms with E-state index in [4.69, 9.17) is 9.47 Å². The van der Waals surface area contributed by atoms with Crippen molar-refractivity contribution in [1.29, 1.82) is 0 Å². The maximum absolute atomic E-state index is 14.4. The lowest BCUT2D eigenvalue weighted by atomic mass is 10.1. The fourth-order valence-corrected chi connectivity index (χ4v) is 4.17. The Morgan fingerprint density at radius 1 is 1.16 bits per heavy atom. The molecular weight excluding hydrogens is 510 g/mol. The van der Waals surface area contributed by atoms with Crippen molar-refractivity contribution in [3.63, 3.8) is 0 Å². The van der Waals surface area contributed by atoms with E-state index in [1.165, 1.54) is 19.4 Å². The highest BCUT2D eigenvalue weighted by atomic mass is 19.4. The van der Waals surface area contributed by atoms with Crippen LogP contribution < -0.4 is 19.7 Å². The molecule has 8 nitrogen and oxygen atoms in total. The van der Waals surface area contributed by atoms with Crippen molar-refractivity contribution in [2.45, 2.75) is 31.2 Å². The Bertz CT molecular complexity index is 1200. The number of carbonyl (C=O) groups is 2. The monoisotopic (exact) mass is 532 g/mol. The molecule has 4 rings (SSSR count). The van der Waals surface area contributed by atoms with Crippen LogP contribution in [0, 0.1) is 5.82 Å². The molecule has 1 aromatic heterocycles. The molecule has 1 atom stereocenters. The van der Waals surface area contributed by atoms with Crippen molar-refractivity contribution < 1.29 is 45.4 Å². The predicted octanol–water partition coefficient (Wildman–Crippen LogP) is 3.11. The van der Waals surface area contributed by atoms with Crippen molar-refractivity contribution in [3.8, 4) is 11.6 Å². The zero-order valence-electron chi connectivity index (χ0n) is 19.6. The average molecular weight is 532 g/mol. The summed E-state index contributed by atoms with van der Waals surface area (Å²) in [6, 6.07) is 1.69. The Balaban J connectivity index is 1.49. The summed E-state index contributed by atoms with van der Waals surface area (Å²) in [4.78, 5) is 31.1. The smallest absolute Gasteiger partial charge is 0.416 e. The summed E-state index contributed by atoms with van der Waals surface area (Å²) < 4.78 is 92.0. The summed E-state index contributed by atoms with van der Waals surface area (Å²) in [6.07, 6.45) is -4.05. The number of nitrogens with zero attached hydrogens (tertiary/aromatic N) is 3. The first-order valence-corrected chi connectivity index (χ1v) is 11.0. The van der Waals surface area contributed by atoms with Crippen LogP contribution >= 0.6 is 0 Å². The van der Waals surface area contributed by atoms with Gasteiger partial charge in [-0.05, 0) is 18.2 Å². The Morgan fingerprint density at radius 3 is 2.46 bits per heavy atom. The number of ether oxygens (including phenoxy) is 2. The number of anilines is 1. The highest BCUT2D eigenvalue weighted by Crippen LogP contribution is 2.35. The number of hydrogen-bond acceptors (Lipinski definition) is 6. The van der Waals surface area contributed by atoms with Crippen molar-refractivity contribution >= 4 is 17.5 Å². The molecule has 2 fully saturated rings. The fourth-order valence-electron chi connectivity index (χ4n) is 4.17. The van der Waals surface area contributed by atoms with Gasteiger partial charge in [-0.1, -0.05) is 0 Å². The molecule has 2 aromatic rings. The van der Waals surface area contributed by atoms with E-state index in [1.54, 1.807) is 4.90 Å². The molecule has 3 heterocycles. The molecule has 2 aliphatic rings. The van der Waals surface area contributed by atoms with Crippen LogP contribution in [0.2, 0.25) is 0 Å². The van der Waals surface area contributed by atoms with Crippen molar-refractivity contribution in [1.82, 2.24) is 15.2 Å². The number of amides is 2. The zero-order chi connectivity index (χ0) is 27.1. The maximum atomic E-state index is 14.4. The van der Waals surface area contributed by atoms with Gasteiger partial charge in [0.1, 0.15) is 29.3 Å². The van der Waals surface area contributed by atoms with E-state index in [0.29, 0.717) is 12.1 Å². The number of hydrogen-bond donors (Lipinski definition) is 1. The second kappa shape index (κ2) is 9.63. The minimum absolute atomic E-state index is 0.100. The van der Waals surface area contributed by atoms with Gasteiger partial charge in [0, 0.05) is 25.7 Å². The van der Waals surface area contributed by atoms with E-state index in [9.17, 15) is 35.9 Å². The molecule has 0 aliphatic carbocycles. The molecule has 1 unspecified atom stereocenters. The Morgan fingerprint density at radius 2 is 1.86 bits per heavy atom. The lowest BCUT2D eigenvalue weighted by Crippen LogP contribution is -2.55. The second-order valence-electron chi connectivity index (χ2n) is 8.72. The van der Waals surface area contributed by atoms with Gasteiger partial charge in [-0.3, -0.25) is 9.59 Å². The number of alkyl halides is 5. The number of likely N-dealkylation sites (tertiary alicyclic amines) is 1. The molecule has 0 saturated carbocycles. The lowest BCUT2D eigenvalue weighted by molar-refractivity contribution is -0.138. The van der Waals surface area contributed by atoms with Crippen LogP contribution in [0.15, 0.2) is 30.5 Å². The van der Waals surface area contributed by atoms with E-state index in [0.717, 1.165) is 17.9 Å². The average Bonchev–Trinajstić information content (AvgIpc) is 3.08. The number of halogens is 6. The van der Waals surface area contributed by atoms with Gasteiger partial charge >= 0.3 is 6.18 Å². The van der Waals surface area contributed by atoms with Crippen LogP contribution in [-0.4, -0.2) is 73.1 Å². The molecule has 2 amide bonds. The molecular formula is C23H22F6N4O4. The Hall–Kier alpha value is -3.71. The molecule has 2 aliphatic heterocycles. The van der Waals surface area contributed by atoms with Gasteiger partial charge in [0.25, 0.3) is 11.8 Å². The number of benzene rings is 1. The molecule has 1 N–H and O–H groups in total. The number of nitrogens with one attached hydrogen (secondary N) is 1. The van der Waals surface area contributed by atoms with E-state index in [-0.39, 0.29) is 42.5 Å². The molecule has 37 heavy (non-hydrogen) atoms. The molecule has 0 spiro atoms. The number of carbonyl (C=O) groups excluding carboxylic acids is 2. The van der Waals surface area contributed by atoms with Crippen molar-refractivity contribution in [3.05, 3.63) is 47.4 Å². The van der Waals surface area contributed by atoms with Gasteiger partial charge in [-0.15, -0.1) is 0 Å². The van der Waals surface area contributed by atoms with E-state index >= 15 is 0 Å².